The molecular weight excluding hydrogens is 88.1 g/mol. The van der Waals surface area contributed by atoms with Crippen LogP contribution in [0.5, 0.6) is 0 Å². The monoisotopic (exact) mass is 100 g/mol. The van der Waals surface area contributed by atoms with Crippen LogP contribution in [-0.2, 0) is 0 Å². The van der Waals surface area contributed by atoms with E-state index in [2.05, 4.69) is 0 Å². The third-order valence-electron chi connectivity index (χ3n) is 1.51. The van der Waals surface area contributed by atoms with Gasteiger partial charge in [0.1, 0.15) is 0 Å². The van der Waals surface area contributed by atoms with Gasteiger partial charge in [-0.25, -0.2) is 0 Å². The second-order valence-corrected chi connectivity index (χ2v) is 2.33. The van der Waals surface area contributed by atoms with Crippen molar-refractivity contribution in [2.75, 3.05) is 0 Å². The number of rotatable bonds is 0. The molecule has 0 aromatic carbocycles. The van der Waals surface area contributed by atoms with Gasteiger partial charge in [0.05, 0.1) is 0 Å². The van der Waals surface area contributed by atoms with E-state index in [0.29, 0.717) is 12.1 Å². The molecule has 0 spiro atoms. The summed E-state index contributed by atoms with van der Waals surface area (Å²) < 4.78 is 0. The van der Waals surface area contributed by atoms with Crippen molar-refractivity contribution in [3.05, 3.63) is 0 Å². The Kier molecular flexibility index (Phi) is 1.30. The average molecular weight is 100 g/mol. The highest BCUT2D eigenvalue weighted by Gasteiger charge is 2.16. The first-order valence-electron chi connectivity index (χ1n) is 2.80. The van der Waals surface area contributed by atoms with Crippen molar-refractivity contribution >= 4 is 0 Å². The fourth-order valence-corrected chi connectivity index (χ4v) is 1.05. The molecular formula is C5H12N2. The minimum atomic E-state index is 0.398. The fraction of sp³-hybridized carbons (Fsp3) is 1.00. The standard InChI is InChI=1S/C5H12N2/c6-4-1-2-5(7)3-4/h4-5H,1-3,6-7H2/t4-,5?/m0/s1. The molecule has 1 saturated carbocycles. The summed E-state index contributed by atoms with van der Waals surface area (Å²) in [4.78, 5) is 0. The van der Waals surface area contributed by atoms with Crippen LogP contribution in [0.4, 0.5) is 0 Å². The summed E-state index contributed by atoms with van der Waals surface area (Å²) in [5.74, 6) is 0. The van der Waals surface area contributed by atoms with Gasteiger partial charge in [0.15, 0.2) is 0 Å². The van der Waals surface area contributed by atoms with Gasteiger partial charge >= 0.3 is 0 Å². The van der Waals surface area contributed by atoms with E-state index < -0.39 is 0 Å². The van der Waals surface area contributed by atoms with Crippen molar-refractivity contribution in [1.82, 2.24) is 0 Å². The third kappa shape index (κ3) is 1.14. The van der Waals surface area contributed by atoms with Crippen molar-refractivity contribution in [2.24, 2.45) is 11.5 Å². The summed E-state index contributed by atoms with van der Waals surface area (Å²) in [6.07, 6.45) is 3.28. The maximum Gasteiger partial charge on any atom is 0.00541 e. The van der Waals surface area contributed by atoms with Crippen LogP contribution in [0.25, 0.3) is 0 Å². The zero-order chi connectivity index (χ0) is 5.28. The summed E-state index contributed by atoms with van der Waals surface area (Å²) >= 11 is 0. The summed E-state index contributed by atoms with van der Waals surface area (Å²) in [7, 11) is 0. The van der Waals surface area contributed by atoms with Gasteiger partial charge in [-0.05, 0) is 19.3 Å². The summed E-state index contributed by atoms with van der Waals surface area (Å²) in [6.45, 7) is 0. The zero-order valence-corrected chi connectivity index (χ0v) is 4.43. The van der Waals surface area contributed by atoms with Crippen molar-refractivity contribution in [3.8, 4) is 0 Å². The van der Waals surface area contributed by atoms with Crippen LogP contribution < -0.4 is 11.5 Å². The van der Waals surface area contributed by atoms with Gasteiger partial charge in [0.2, 0.25) is 0 Å². The van der Waals surface area contributed by atoms with Crippen LogP contribution >= 0.6 is 0 Å². The first kappa shape index (κ1) is 5.06. The highest BCUT2D eigenvalue weighted by Crippen LogP contribution is 2.13. The smallest absolute Gasteiger partial charge is 0.00541 e. The Morgan fingerprint density at radius 1 is 1.00 bits per heavy atom. The van der Waals surface area contributed by atoms with E-state index in [1.807, 2.05) is 0 Å². The van der Waals surface area contributed by atoms with E-state index >= 15 is 0 Å². The highest BCUT2D eigenvalue weighted by atomic mass is 14.7. The van der Waals surface area contributed by atoms with Gasteiger partial charge in [0.25, 0.3) is 0 Å². The van der Waals surface area contributed by atoms with Crippen LogP contribution in [0.3, 0.4) is 0 Å². The van der Waals surface area contributed by atoms with Gasteiger partial charge in [-0.3, -0.25) is 0 Å². The predicted molar refractivity (Wildman–Crippen MR) is 29.8 cm³/mol. The molecule has 0 aromatic rings. The molecule has 0 aliphatic heterocycles. The summed E-state index contributed by atoms with van der Waals surface area (Å²) in [5.41, 5.74) is 11.1. The Bertz CT molecular complexity index is 55.1. The highest BCUT2D eigenvalue weighted by molar-refractivity contribution is 4.79. The van der Waals surface area contributed by atoms with E-state index in [1.165, 1.54) is 0 Å². The predicted octanol–water partition coefficient (Wildman–Crippen LogP) is -0.175. The van der Waals surface area contributed by atoms with Crippen LogP contribution in [0.1, 0.15) is 19.3 Å². The average Bonchev–Trinajstić information content (AvgIpc) is 1.87. The molecule has 1 fully saturated rings. The van der Waals surface area contributed by atoms with E-state index in [1.54, 1.807) is 0 Å². The summed E-state index contributed by atoms with van der Waals surface area (Å²) in [6, 6.07) is 0.796. The SMILES string of the molecule is NC1CC[C@H](N)C1. The number of hydrogen-bond donors (Lipinski definition) is 2. The molecule has 1 aliphatic carbocycles. The molecule has 0 saturated heterocycles. The number of hydrogen-bond acceptors (Lipinski definition) is 2. The van der Waals surface area contributed by atoms with E-state index in [-0.39, 0.29) is 0 Å². The quantitative estimate of drug-likeness (QED) is 0.444. The minimum absolute atomic E-state index is 0.398. The van der Waals surface area contributed by atoms with Gasteiger partial charge in [-0.15, -0.1) is 0 Å². The zero-order valence-electron chi connectivity index (χ0n) is 4.43. The van der Waals surface area contributed by atoms with Crippen molar-refractivity contribution in [2.45, 2.75) is 31.3 Å². The van der Waals surface area contributed by atoms with Crippen LogP contribution in [0.2, 0.25) is 0 Å². The van der Waals surface area contributed by atoms with Crippen LogP contribution in [0.15, 0.2) is 0 Å². The lowest BCUT2D eigenvalue weighted by atomic mass is 10.2. The molecule has 2 atom stereocenters. The van der Waals surface area contributed by atoms with E-state index in [9.17, 15) is 0 Å². The first-order valence-corrected chi connectivity index (χ1v) is 2.80. The fourth-order valence-electron chi connectivity index (χ4n) is 1.05. The molecule has 0 radical (unpaired) electrons. The molecule has 0 amide bonds. The molecule has 1 unspecified atom stereocenters. The van der Waals surface area contributed by atoms with E-state index in [0.717, 1.165) is 19.3 Å². The normalized spacial score (nSPS) is 42.0. The Hall–Kier alpha value is -0.0800. The van der Waals surface area contributed by atoms with Crippen molar-refractivity contribution in [1.29, 1.82) is 0 Å². The van der Waals surface area contributed by atoms with Gasteiger partial charge in [0, 0.05) is 12.1 Å². The molecule has 2 heteroatoms. The van der Waals surface area contributed by atoms with Crippen molar-refractivity contribution in [3.63, 3.8) is 0 Å². The van der Waals surface area contributed by atoms with Crippen LogP contribution in [-0.4, -0.2) is 12.1 Å². The first-order chi connectivity index (χ1) is 3.29. The maximum atomic E-state index is 5.55. The van der Waals surface area contributed by atoms with Gasteiger partial charge in [-0.2, -0.15) is 0 Å². The van der Waals surface area contributed by atoms with Gasteiger partial charge < -0.3 is 11.5 Å². The molecule has 0 bridgehead atoms. The molecule has 7 heavy (non-hydrogen) atoms. The lowest BCUT2D eigenvalue weighted by Crippen LogP contribution is -2.20. The largest absolute Gasteiger partial charge is 0.328 e. The Balaban J connectivity index is 2.26. The summed E-state index contributed by atoms with van der Waals surface area (Å²) in [5, 5.41) is 0. The molecule has 4 N–H and O–H groups in total. The topological polar surface area (TPSA) is 52.0 Å². The second-order valence-electron chi connectivity index (χ2n) is 2.33. The maximum absolute atomic E-state index is 5.55. The lowest BCUT2D eigenvalue weighted by Gasteiger charge is -1.97. The molecule has 1 rings (SSSR count). The minimum Gasteiger partial charge on any atom is -0.328 e. The third-order valence-corrected chi connectivity index (χ3v) is 1.51. The number of nitrogens with two attached hydrogens (primary N) is 2. The molecule has 0 aromatic heterocycles. The van der Waals surface area contributed by atoms with E-state index in [4.69, 9.17) is 11.5 Å². The lowest BCUT2D eigenvalue weighted by molar-refractivity contribution is 0.666. The Morgan fingerprint density at radius 3 is 1.57 bits per heavy atom. The molecule has 42 valence electrons. The molecule has 1 aliphatic rings. The van der Waals surface area contributed by atoms with Crippen LogP contribution in [0, 0.1) is 0 Å². The Labute approximate surface area is 43.9 Å². The Morgan fingerprint density at radius 2 is 1.43 bits per heavy atom. The second kappa shape index (κ2) is 1.80. The molecule has 2 nitrogen and oxygen atoms in total. The van der Waals surface area contributed by atoms with Gasteiger partial charge in [-0.1, -0.05) is 0 Å². The van der Waals surface area contributed by atoms with Crippen molar-refractivity contribution < 1.29 is 0 Å². The molecule has 0 heterocycles.